The van der Waals surface area contributed by atoms with Crippen molar-refractivity contribution in [1.29, 1.82) is 0 Å². The maximum Gasteiger partial charge on any atom is 0.0986 e. The largest absolute Gasteiger partial charge is 0.396 e. The van der Waals surface area contributed by atoms with E-state index in [0.717, 1.165) is 17.1 Å². The van der Waals surface area contributed by atoms with Crippen LogP contribution in [0.4, 0.5) is 5.69 Å². The van der Waals surface area contributed by atoms with Crippen molar-refractivity contribution < 1.29 is 0 Å². The summed E-state index contributed by atoms with van der Waals surface area (Å²) in [6.45, 7) is 6.09. The highest BCUT2D eigenvalue weighted by molar-refractivity contribution is 5.40. The lowest BCUT2D eigenvalue weighted by Crippen LogP contribution is -2.30. The Labute approximate surface area is 94.9 Å². The first kappa shape index (κ1) is 10.7. The van der Waals surface area contributed by atoms with Gasteiger partial charge in [0.2, 0.25) is 0 Å². The molecule has 0 aliphatic heterocycles. The summed E-state index contributed by atoms with van der Waals surface area (Å²) in [5.41, 5.74) is 8.23. The summed E-state index contributed by atoms with van der Waals surface area (Å²) in [7, 11) is 1.93. The standard InChI is InChI=1S/C11H17N5/c1-8-9(12)7-16(14-8)11(2,3)10-5-6-13-15(10)4/h5-7H,12H2,1-4H3. The van der Waals surface area contributed by atoms with Crippen molar-refractivity contribution >= 4 is 5.69 Å². The third kappa shape index (κ3) is 1.48. The highest BCUT2D eigenvalue weighted by Gasteiger charge is 2.27. The molecule has 2 rings (SSSR count). The molecule has 0 unspecified atom stereocenters. The Kier molecular flexibility index (Phi) is 2.26. The first-order valence-corrected chi connectivity index (χ1v) is 5.23. The van der Waals surface area contributed by atoms with Crippen molar-refractivity contribution in [3.05, 3.63) is 29.8 Å². The SMILES string of the molecule is Cc1nn(C(C)(C)c2ccnn2C)cc1N. The number of anilines is 1. The van der Waals surface area contributed by atoms with Gasteiger partial charge in [0, 0.05) is 19.4 Å². The summed E-state index contributed by atoms with van der Waals surface area (Å²) < 4.78 is 3.74. The molecule has 0 saturated heterocycles. The van der Waals surface area contributed by atoms with E-state index in [1.54, 1.807) is 6.20 Å². The van der Waals surface area contributed by atoms with Crippen LogP contribution in [0.5, 0.6) is 0 Å². The fourth-order valence-electron chi connectivity index (χ4n) is 1.85. The number of hydrogen-bond donors (Lipinski definition) is 1. The zero-order chi connectivity index (χ0) is 11.9. The number of aromatic nitrogens is 4. The Hall–Kier alpha value is -1.78. The van der Waals surface area contributed by atoms with Crippen molar-refractivity contribution in [2.45, 2.75) is 26.3 Å². The van der Waals surface area contributed by atoms with Gasteiger partial charge in [0.05, 0.1) is 22.6 Å². The molecule has 0 atom stereocenters. The Morgan fingerprint density at radius 3 is 2.50 bits per heavy atom. The van der Waals surface area contributed by atoms with Crippen molar-refractivity contribution in [2.24, 2.45) is 7.05 Å². The van der Waals surface area contributed by atoms with Gasteiger partial charge in [0.25, 0.3) is 0 Å². The molecule has 0 aliphatic carbocycles. The van der Waals surface area contributed by atoms with Crippen molar-refractivity contribution in [2.75, 3.05) is 5.73 Å². The van der Waals surface area contributed by atoms with E-state index in [1.807, 2.05) is 35.6 Å². The molecule has 0 aromatic carbocycles. The van der Waals surface area contributed by atoms with Gasteiger partial charge in [-0.05, 0) is 26.8 Å². The monoisotopic (exact) mass is 219 g/mol. The molecule has 2 heterocycles. The zero-order valence-corrected chi connectivity index (χ0v) is 10.1. The summed E-state index contributed by atoms with van der Waals surface area (Å²) in [4.78, 5) is 0. The van der Waals surface area contributed by atoms with Gasteiger partial charge < -0.3 is 5.73 Å². The average molecular weight is 219 g/mol. The van der Waals surface area contributed by atoms with Gasteiger partial charge in [-0.15, -0.1) is 0 Å². The fourth-order valence-corrected chi connectivity index (χ4v) is 1.85. The number of nitrogens with two attached hydrogens (primary N) is 1. The van der Waals surface area contributed by atoms with E-state index in [4.69, 9.17) is 5.73 Å². The van der Waals surface area contributed by atoms with E-state index in [2.05, 4.69) is 24.0 Å². The second-order valence-electron chi connectivity index (χ2n) is 4.51. The first-order chi connectivity index (χ1) is 7.43. The lowest BCUT2D eigenvalue weighted by Gasteiger charge is -2.25. The van der Waals surface area contributed by atoms with Crippen LogP contribution in [-0.2, 0) is 12.6 Å². The summed E-state index contributed by atoms with van der Waals surface area (Å²) in [6, 6.07) is 1.99. The molecule has 5 nitrogen and oxygen atoms in total. The van der Waals surface area contributed by atoms with E-state index in [-0.39, 0.29) is 5.54 Å². The Morgan fingerprint density at radius 2 is 2.06 bits per heavy atom. The molecule has 2 aromatic heterocycles. The maximum atomic E-state index is 5.82. The molecular weight excluding hydrogens is 202 g/mol. The number of nitrogen functional groups attached to an aromatic ring is 1. The van der Waals surface area contributed by atoms with Crippen molar-refractivity contribution in [3.8, 4) is 0 Å². The molecule has 0 fully saturated rings. The maximum absolute atomic E-state index is 5.82. The summed E-state index contributed by atoms with van der Waals surface area (Å²) in [5.74, 6) is 0. The number of nitrogens with zero attached hydrogens (tertiary/aromatic N) is 4. The van der Waals surface area contributed by atoms with Crippen LogP contribution in [0.1, 0.15) is 25.2 Å². The summed E-state index contributed by atoms with van der Waals surface area (Å²) in [6.07, 6.45) is 3.65. The molecule has 2 N–H and O–H groups in total. The molecule has 0 bridgehead atoms. The summed E-state index contributed by atoms with van der Waals surface area (Å²) in [5, 5.41) is 8.61. The van der Waals surface area contributed by atoms with Crippen LogP contribution in [0.25, 0.3) is 0 Å². The van der Waals surface area contributed by atoms with E-state index in [0.29, 0.717) is 0 Å². The van der Waals surface area contributed by atoms with Gasteiger partial charge in [-0.2, -0.15) is 10.2 Å². The van der Waals surface area contributed by atoms with Gasteiger partial charge in [0.15, 0.2) is 0 Å². The summed E-state index contributed by atoms with van der Waals surface area (Å²) >= 11 is 0. The minimum Gasteiger partial charge on any atom is -0.396 e. The lowest BCUT2D eigenvalue weighted by atomic mass is 10.0. The molecule has 16 heavy (non-hydrogen) atoms. The molecule has 0 radical (unpaired) electrons. The second-order valence-corrected chi connectivity index (χ2v) is 4.51. The van der Waals surface area contributed by atoms with E-state index >= 15 is 0 Å². The van der Waals surface area contributed by atoms with Crippen LogP contribution in [0, 0.1) is 6.92 Å². The highest BCUT2D eigenvalue weighted by Crippen LogP contribution is 2.25. The quantitative estimate of drug-likeness (QED) is 0.828. The first-order valence-electron chi connectivity index (χ1n) is 5.23. The smallest absolute Gasteiger partial charge is 0.0986 e. The van der Waals surface area contributed by atoms with Crippen LogP contribution in [0.2, 0.25) is 0 Å². The van der Waals surface area contributed by atoms with Gasteiger partial charge in [0.1, 0.15) is 0 Å². The number of hydrogen-bond acceptors (Lipinski definition) is 3. The van der Waals surface area contributed by atoms with Crippen molar-refractivity contribution in [1.82, 2.24) is 19.6 Å². The third-order valence-electron chi connectivity index (χ3n) is 2.96. The molecule has 0 spiro atoms. The molecule has 5 heteroatoms. The zero-order valence-electron chi connectivity index (χ0n) is 10.1. The Balaban J connectivity index is 2.50. The molecule has 2 aromatic rings. The topological polar surface area (TPSA) is 61.7 Å². The lowest BCUT2D eigenvalue weighted by molar-refractivity contribution is 0.363. The average Bonchev–Trinajstić information content (AvgIpc) is 2.75. The van der Waals surface area contributed by atoms with Crippen LogP contribution in [0.15, 0.2) is 18.5 Å². The van der Waals surface area contributed by atoms with Gasteiger partial charge in [-0.25, -0.2) is 0 Å². The highest BCUT2D eigenvalue weighted by atomic mass is 15.4. The van der Waals surface area contributed by atoms with E-state index in [9.17, 15) is 0 Å². The van der Waals surface area contributed by atoms with Gasteiger partial charge >= 0.3 is 0 Å². The minimum atomic E-state index is -0.256. The van der Waals surface area contributed by atoms with E-state index < -0.39 is 0 Å². The van der Waals surface area contributed by atoms with Crippen LogP contribution in [0.3, 0.4) is 0 Å². The Morgan fingerprint density at radius 1 is 1.38 bits per heavy atom. The molecule has 0 saturated carbocycles. The molecule has 86 valence electrons. The van der Waals surface area contributed by atoms with Crippen LogP contribution in [-0.4, -0.2) is 19.6 Å². The molecular formula is C11H17N5. The fraction of sp³-hybridized carbons (Fsp3) is 0.455. The third-order valence-corrected chi connectivity index (χ3v) is 2.96. The van der Waals surface area contributed by atoms with Crippen LogP contribution >= 0.6 is 0 Å². The number of rotatable bonds is 2. The van der Waals surface area contributed by atoms with Crippen molar-refractivity contribution in [3.63, 3.8) is 0 Å². The minimum absolute atomic E-state index is 0.256. The van der Waals surface area contributed by atoms with Crippen LogP contribution < -0.4 is 5.73 Å². The predicted molar refractivity (Wildman–Crippen MR) is 63.0 cm³/mol. The Bertz CT molecular complexity index is 487. The predicted octanol–water partition coefficient (Wildman–Crippen LogP) is 1.29. The van der Waals surface area contributed by atoms with Gasteiger partial charge in [-0.1, -0.05) is 0 Å². The normalized spacial score (nSPS) is 12.0. The second kappa shape index (κ2) is 3.37. The van der Waals surface area contributed by atoms with E-state index in [1.165, 1.54) is 0 Å². The number of aryl methyl sites for hydroxylation is 2. The molecule has 0 amide bonds. The molecule has 0 aliphatic rings. The van der Waals surface area contributed by atoms with Gasteiger partial charge in [-0.3, -0.25) is 9.36 Å².